The van der Waals surface area contributed by atoms with Crippen LogP contribution >= 0.6 is 0 Å². The fourth-order valence-corrected chi connectivity index (χ4v) is 4.11. The maximum absolute atomic E-state index is 5.63. The Morgan fingerprint density at radius 2 is 2.14 bits per heavy atom. The molecule has 0 saturated carbocycles. The SMILES string of the molecule is Cc1cn[nH]c1CNC1c2ccccc2CC12CCOCC2. The van der Waals surface area contributed by atoms with Crippen LogP contribution in [-0.2, 0) is 17.7 Å². The highest BCUT2D eigenvalue weighted by molar-refractivity contribution is 5.38. The summed E-state index contributed by atoms with van der Waals surface area (Å²) in [6.45, 7) is 4.71. The van der Waals surface area contributed by atoms with E-state index in [1.165, 1.54) is 28.8 Å². The molecule has 4 rings (SSSR count). The summed E-state index contributed by atoms with van der Waals surface area (Å²) in [6.07, 6.45) is 5.35. The predicted octanol–water partition coefficient (Wildman–Crippen LogP) is 2.90. The van der Waals surface area contributed by atoms with Crippen molar-refractivity contribution in [2.45, 2.75) is 38.8 Å². The number of hydrogen-bond donors (Lipinski definition) is 2. The molecular weight excluding hydrogens is 274 g/mol. The van der Waals surface area contributed by atoms with Crippen LogP contribution in [0.3, 0.4) is 0 Å². The Morgan fingerprint density at radius 3 is 2.91 bits per heavy atom. The van der Waals surface area contributed by atoms with Gasteiger partial charge in [0.1, 0.15) is 0 Å². The maximum Gasteiger partial charge on any atom is 0.0519 e. The lowest BCUT2D eigenvalue weighted by Gasteiger charge is -2.39. The number of nitrogens with one attached hydrogen (secondary N) is 2. The fourth-order valence-electron chi connectivity index (χ4n) is 4.11. The Bertz CT molecular complexity index is 658. The molecule has 0 amide bonds. The Hall–Kier alpha value is -1.65. The molecule has 1 aromatic heterocycles. The van der Waals surface area contributed by atoms with Crippen LogP contribution in [0.25, 0.3) is 0 Å². The van der Waals surface area contributed by atoms with Gasteiger partial charge in [-0.05, 0) is 48.3 Å². The summed E-state index contributed by atoms with van der Waals surface area (Å²) in [6, 6.07) is 9.31. The molecule has 22 heavy (non-hydrogen) atoms. The van der Waals surface area contributed by atoms with Crippen molar-refractivity contribution in [3.05, 3.63) is 52.8 Å². The summed E-state index contributed by atoms with van der Waals surface area (Å²) in [7, 11) is 0. The van der Waals surface area contributed by atoms with Crippen molar-refractivity contribution >= 4 is 0 Å². The van der Waals surface area contributed by atoms with E-state index in [9.17, 15) is 0 Å². The summed E-state index contributed by atoms with van der Waals surface area (Å²) in [5.41, 5.74) is 5.70. The topological polar surface area (TPSA) is 49.9 Å². The maximum atomic E-state index is 5.63. The molecule has 1 aromatic carbocycles. The summed E-state index contributed by atoms with van der Waals surface area (Å²) in [4.78, 5) is 0. The number of nitrogens with zero attached hydrogens (tertiary/aromatic N) is 1. The summed E-state index contributed by atoms with van der Waals surface area (Å²) in [5.74, 6) is 0. The van der Waals surface area contributed by atoms with Gasteiger partial charge in [-0.2, -0.15) is 5.10 Å². The first kappa shape index (κ1) is 14.0. The average Bonchev–Trinajstić information content (AvgIpc) is 3.07. The van der Waals surface area contributed by atoms with E-state index in [0.717, 1.165) is 32.6 Å². The van der Waals surface area contributed by atoms with Crippen molar-refractivity contribution in [3.8, 4) is 0 Å². The van der Waals surface area contributed by atoms with E-state index in [2.05, 4.69) is 46.7 Å². The Morgan fingerprint density at radius 1 is 1.32 bits per heavy atom. The second-order valence-electron chi connectivity index (χ2n) is 6.70. The van der Waals surface area contributed by atoms with Crippen LogP contribution in [0, 0.1) is 12.3 Å². The average molecular weight is 297 g/mol. The van der Waals surface area contributed by atoms with E-state index in [1.54, 1.807) is 0 Å². The first-order chi connectivity index (χ1) is 10.8. The monoisotopic (exact) mass is 297 g/mol. The highest BCUT2D eigenvalue weighted by atomic mass is 16.5. The molecule has 2 aromatic rings. The molecule has 116 valence electrons. The van der Waals surface area contributed by atoms with E-state index in [1.807, 2.05) is 6.20 Å². The van der Waals surface area contributed by atoms with Gasteiger partial charge in [-0.1, -0.05) is 24.3 Å². The first-order valence-corrected chi connectivity index (χ1v) is 8.16. The zero-order valence-electron chi connectivity index (χ0n) is 13.1. The molecular formula is C18H23N3O. The Labute approximate surface area is 131 Å². The number of H-pyrrole nitrogens is 1. The molecule has 0 radical (unpaired) electrons. The number of hydrogen-bond acceptors (Lipinski definition) is 3. The van der Waals surface area contributed by atoms with Crippen LogP contribution in [0.1, 0.15) is 41.3 Å². The van der Waals surface area contributed by atoms with Crippen LogP contribution in [0.15, 0.2) is 30.5 Å². The van der Waals surface area contributed by atoms with E-state index >= 15 is 0 Å². The van der Waals surface area contributed by atoms with E-state index in [4.69, 9.17) is 4.74 Å². The van der Waals surface area contributed by atoms with Crippen LogP contribution in [0.5, 0.6) is 0 Å². The predicted molar refractivity (Wildman–Crippen MR) is 85.5 cm³/mol. The molecule has 1 aliphatic carbocycles. The molecule has 1 aliphatic heterocycles. The van der Waals surface area contributed by atoms with Gasteiger partial charge in [0.15, 0.2) is 0 Å². The summed E-state index contributed by atoms with van der Waals surface area (Å²) >= 11 is 0. The molecule has 1 atom stereocenters. The number of ether oxygens (including phenoxy) is 1. The van der Waals surface area contributed by atoms with E-state index < -0.39 is 0 Å². The van der Waals surface area contributed by atoms with Crippen molar-refractivity contribution in [1.82, 2.24) is 15.5 Å². The van der Waals surface area contributed by atoms with Crippen LogP contribution in [0.2, 0.25) is 0 Å². The lowest BCUT2D eigenvalue weighted by molar-refractivity contribution is -0.000288. The molecule has 1 saturated heterocycles. The first-order valence-electron chi connectivity index (χ1n) is 8.16. The number of aromatic amines is 1. The van der Waals surface area contributed by atoms with E-state index in [0.29, 0.717) is 11.5 Å². The number of fused-ring (bicyclic) bond motifs is 1. The van der Waals surface area contributed by atoms with Crippen LogP contribution in [0.4, 0.5) is 0 Å². The third-order valence-corrected chi connectivity index (χ3v) is 5.43. The number of aromatic nitrogens is 2. The smallest absolute Gasteiger partial charge is 0.0519 e. The van der Waals surface area contributed by atoms with Crippen LogP contribution < -0.4 is 5.32 Å². The largest absolute Gasteiger partial charge is 0.381 e. The molecule has 1 fully saturated rings. The number of aryl methyl sites for hydroxylation is 1. The zero-order valence-corrected chi connectivity index (χ0v) is 13.1. The molecule has 2 aliphatic rings. The minimum Gasteiger partial charge on any atom is -0.381 e. The highest BCUT2D eigenvalue weighted by Gasteiger charge is 2.46. The molecule has 0 bridgehead atoms. The summed E-state index contributed by atoms with van der Waals surface area (Å²) < 4.78 is 5.63. The summed E-state index contributed by atoms with van der Waals surface area (Å²) in [5, 5.41) is 11.1. The molecule has 2 N–H and O–H groups in total. The Kier molecular flexibility index (Phi) is 3.51. The van der Waals surface area contributed by atoms with E-state index in [-0.39, 0.29) is 0 Å². The van der Waals surface area contributed by atoms with Gasteiger partial charge >= 0.3 is 0 Å². The van der Waals surface area contributed by atoms with Crippen molar-refractivity contribution in [1.29, 1.82) is 0 Å². The molecule has 4 nitrogen and oxygen atoms in total. The van der Waals surface area contributed by atoms with Gasteiger partial charge in [0.05, 0.1) is 11.9 Å². The van der Waals surface area contributed by atoms with Crippen molar-refractivity contribution in [2.24, 2.45) is 5.41 Å². The van der Waals surface area contributed by atoms with Gasteiger partial charge in [0.25, 0.3) is 0 Å². The van der Waals surface area contributed by atoms with Gasteiger partial charge in [0.2, 0.25) is 0 Å². The number of rotatable bonds is 3. The normalized spacial score (nSPS) is 22.9. The standard InChI is InChI=1S/C18H23N3O/c1-13-11-20-21-16(13)12-19-17-15-5-3-2-4-14(15)10-18(17)6-8-22-9-7-18/h2-5,11,17,19H,6-10,12H2,1H3,(H,20,21). The van der Waals surface area contributed by atoms with Gasteiger partial charge < -0.3 is 10.1 Å². The van der Waals surface area contributed by atoms with Crippen molar-refractivity contribution in [2.75, 3.05) is 13.2 Å². The van der Waals surface area contributed by atoms with Crippen molar-refractivity contribution < 1.29 is 4.74 Å². The lowest BCUT2D eigenvalue weighted by atomic mass is 9.74. The third-order valence-electron chi connectivity index (χ3n) is 5.43. The molecule has 1 unspecified atom stereocenters. The molecule has 4 heteroatoms. The number of benzene rings is 1. The quantitative estimate of drug-likeness (QED) is 0.916. The van der Waals surface area contributed by atoms with Crippen LogP contribution in [-0.4, -0.2) is 23.4 Å². The van der Waals surface area contributed by atoms with Crippen molar-refractivity contribution in [3.63, 3.8) is 0 Å². The zero-order chi connectivity index (χ0) is 15.0. The molecule has 2 heterocycles. The minimum absolute atomic E-state index is 0.315. The lowest BCUT2D eigenvalue weighted by Crippen LogP contribution is -2.40. The van der Waals surface area contributed by atoms with Gasteiger partial charge in [0, 0.05) is 25.8 Å². The fraction of sp³-hybridized carbons (Fsp3) is 0.500. The second-order valence-corrected chi connectivity index (χ2v) is 6.70. The second kappa shape index (κ2) is 5.52. The van der Waals surface area contributed by atoms with Gasteiger partial charge in [-0.25, -0.2) is 0 Å². The third kappa shape index (κ3) is 2.27. The highest BCUT2D eigenvalue weighted by Crippen LogP contribution is 2.51. The minimum atomic E-state index is 0.315. The Balaban J connectivity index is 1.62. The van der Waals surface area contributed by atoms with Gasteiger partial charge in [-0.15, -0.1) is 0 Å². The van der Waals surface area contributed by atoms with Gasteiger partial charge in [-0.3, -0.25) is 5.10 Å². The molecule has 1 spiro atoms.